The van der Waals surface area contributed by atoms with Crippen LogP contribution in [0.15, 0.2) is 54.9 Å². The number of benzene rings is 2. The maximum Gasteiger partial charge on any atom is 0.364 e. The number of ether oxygens (including phenoxy) is 2. The minimum Gasteiger partial charge on any atom is -0.494 e. The number of carbonyl (C=O) groups is 1. The highest BCUT2D eigenvalue weighted by atomic mass is 19.1. The van der Waals surface area contributed by atoms with Crippen molar-refractivity contribution in [2.45, 2.75) is 104 Å². The van der Waals surface area contributed by atoms with Gasteiger partial charge in [-0.15, -0.1) is 0 Å². The molecule has 0 unspecified atom stereocenters. The average molecular weight is 549 g/mol. The van der Waals surface area contributed by atoms with Crippen LogP contribution in [0.3, 0.4) is 0 Å². The fourth-order valence-electron chi connectivity index (χ4n) is 4.60. The molecule has 1 aromatic heterocycles. The summed E-state index contributed by atoms with van der Waals surface area (Å²) in [7, 11) is 0. The highest BCUT2D eigenvalue weighted by Gasteiger charge is 2.15. The Morgan fingerprint density at radius 3 is 2.02 bits per heavy atom. The Morgan fingerprint density at radius 1 is 0.750 bits per heavy atom. The van der Waals surface area contributed by atoms with Crippen molar-refractivity contribution in [1.82, 2.24) is 9.97 Å². The summed E-state index contributed by atoms with van der Waals surface area (Å²) in [6.07, 6.45) is 19.6. The summed E-state index contributed by atoms with van der Waals surface area (Å²) in [5.74, 6) is -0.566. The summed E-state index contributed by atoms with van der Waals surface area (Å²) < 4.78 is 25.7. The number of unbranched alkanes of at least 4 members (excludes halogenated alkanes) is 11. The van der Waals surface area contributed by atoms with E-state index in [-0.39, 0.29) is 11.4 Å². The number of hydrogen-bond acceptors (Lipinski definition) is 5. The van der Waals surface area contributed by atoms with Gasteiger partial charge < -0.3 is 9.47 Å². The second-order valence-corrected chi connectivity index (χ2v) is 10.5. The molecule has 2 aromatic carbocycles. The first-order chi connectivity index (χ1) is 19.6. The molecule has 40 heavy (non-hydrogen) atoms. The second-order valence-electron chi connectivity index (χ2n) is 10.5. The molecular weight excluding hydrogens is 503 g/mol. The molecular formula is C34H45FN2O3. The van der Waals surface area contributed by atoms with E-state index in [0.717, 1.165) is 42.6 Å². The molecule has 0 N–H and O–H groups in total. The fraction of sp³-hybridized carbons (Fsp3) is 0.500. The molecule has 0 spiro atoms. The number of esters is 1. The van der Waals surface area contributed by atoms with Crippen LogP contribution in [-0.2, 0) is 6.42 Å². The quantitative estimate of drug-likeness (QED) is 0.0848. The van der Waals surface area contributed by atoms with Crippen LogP contribution >= 0.6 is 0 Å². The number of aryl methyl sites for hydroxylation is 1. The van der Waals surface area contributed by atoms with Gasteiger partial charge in [-0.05, 0) is 61.2 Å². The van der Waals surface area contributed by atoms with E-state index in [4.69, 9.17) is 9.47 Å². The Labute approximate surface area is 239 Å². The van der Waals surface area contributed by atoms with Crippen molar-refractivity contribution >= 4 is 5.97 Å². The molecule has 0 atom stereocenters. The summed E-state index contributed by atoms with van der Waals surface area (Å²) in [6.45, 7) is 5.15. The third-order valence-corrected chi connectivity index (χ3v) is 7.05. The van der Waals surface area contributed by atoms with Crippen molar-refractivity contribution in [3.05, 3.63) is 71.9 Å². The Balaban J connectivity index is 1.43. The van der Waals surface area contributed by atoms with E-state index < -0.39 is 11.8 Å². The highest BCUT2D eigenvalue weighted by molar-refractivity contribution is 5.88. The second kappa shape index (κ2) is 18.1. The van der Waals surface area contributed by atoms with Gasteiger partial charge >= 0.3 is 5.97 Å². The minimum atomic E-state index is -0.740. The van der Waals surface area contributed by atoms with Crippen LogP contribution in [-0.4, -0.2) is 22.5 Å². The molecule has 0 saturated heterocycles. The van der Waals surface area contributed by atoms with E-state index in [2.05, 4.69) is 23.8 Å². The van der Waals surface area contributed by atoms with Crippen LogP contribution in [0.25, 0.3) is 11.3 Å². The van der Waals surface area contributed by atoms with E-state index >= 15 is 0 Å². The van der Waals surface area contributed by atoms with Crippen molar-refractivity contribution in [2.24, 2.45) is 0 Å². The lowest BCUT2D eigenvalue weighted by Gasteiger charge is -2.08. The lowest BCUT2D eigenvalue weighted by Crippen LogP contribution is -2.12. The molecule has 0 aliphatic rings. The summed E-state index contributed by atoms with van der Waals surface area (Å²) in [4.78, 5) is 21.1. The normalized spacial score (nSPS) is 11.0. The van der Waals surface area contributed by atoms with Crippen molar-refractivity contribution in [2.75, 3.05) is 6.61 Å². The molecule has 0 fully saturated rings. The van der Waals surface area contributed by atoms with Crippen LogP contribution in [0.2, 0.25) is 0 Å². The molecule has 3 rings (SSSR count). The topological polar surface area (TPSA) is 61.3 Å². The lowest BCUT2D eigenvalue weighted by atomic mass is 10.0. The largest absolute Gasteiger partial charge is 0.494 e. The molecule has 6 heteroatoms. The zero-order valence-corrected chi connectivity index (χ0v) is 24.3. The molecule has 5 nitrogen and oxygen atoms in total. The average Bonchev–Trinajstić information content (AvgIpc) is 2.98. The van der Waals surface area contributed by atoms with E-state index in [1.54, 1.807) is 0 Å². The van der Waals surface area contributed by atoms with Crippen LogP contribution < -0.4 is 9.47 Å². The van der Waals surface area contributed by atoms with Gasteiger partial charge in [-0.3, -0.25) is 4.98 Å². The first-order valence-corrected chi connectivity index (χ1v) is 15.2. The van der Waals surface area contributed by atoms with E-state index in [1.165, 1.54) is 88.7 Å². The summed E-state index contributed by atoms with van der Waals surface area (Å²) in [5, 5.41) is 0. The summed E-state index contributed by atoms with van der Waals surface area (Å²) in [6, 6.07) is 12.5. The van der Waals surface area contributed by atoms with Gasteiger partial charge in [-0.1, -0.05) is 90.5 Å². The molecule has 0 saturated carbocycles. The summed E-state index contributed by atoms with van der Waals surface area (Å²) in [5.41, 5.74) is 2.42. The Bertz CT molecular complexity index is 1130. The van der Waals surface area contributed by atoms with Crippen LogP contribution in [0.1, 0.15) is 113 Å². The Hall–Kier alpha value is -3.28. The number of aromatic nitrogens is 2. The number of carbonyl (C=O) groups excluding carboxylic acids is 1. The fourth-order valence-corrected chi connectivity index (χ4v) is 4.60. The molecule has 0 aliphatic heterocycles. The number of halogens is 1. The van der Waals surface area contributed by atoms with Gasteiger partial charge in [0.25, 0.3) is 0 Å². The van der Waals surface area contributed by atoms with Gasteiger partial charge in [0.1, 0.15) is 5.75 Å². The van der Waals surface area contributed by atoms with Gasteiger partial charge in [-0.2, -0.15) is 0 Å². The predicted octanol–water partition coefficient (Wildman–Crippen LogP) is 9.53. The first-order valence-electron chi connectivity index (χ1n) is 15.2. The van der Waals surface area contributed by atoms with Crippen LogP contribution in [0.4, 0.5) is 4.39 Å². The molecule has 0 amide bonds. The predicted molar refractivity (Wildman–Crippen MR) is 159 cm³/mol. The lowest BCUT2D eigenvalue weighted by molar-refractivity contribution is 0.0721. The smallest absolute Gasteiger partial charge is 0.364 e. The standard InChI is InChI=1S/C34H45FN2O3/c1-3-5-7-9-11-13-15-23-39-29-20-18-28(19-21-29)31-25-37-32(26-36-31)34(38)40-33-22-17-27(24-30(33)35)16-14-12-10-8-6-4-2/h17-22,24-26H,3-16,23H2,1-2H3. The molecule has 0 bridgehead atoms. The maximum absolute atomic E-state index is 14.6. The molecule has 216 valence electrons. The maximum atomic E-state index is 14.6. The monoisotopic (exact) mass is 548 g/mol. The van der Waals surface area contributed by atoms with Gasteiger partial charge in [0.15, 0.2) is 17.3 Å². The molecule has 0 radical (unpaired) electrons. The van der Waals surface area contributed by atoms with Crippen molar-refractivity contribution in [3.63, 3.8) is 0 Å². The number of nitrogens with zero attached hydrogens (tertiary/aromatic N) is 2. The van der Waals surface area contributed by atoms with Gasteiger partial charge in [0.2, 0.25) is 0 Å². The zero-order chi connectivity index (χ0) is 28.4. The third kappa shape index (κ3) is 11.1. The van der Waals surface area contributed by atoms with Crippen LogP contribution in [0.5, 0.6) is 11.5 Å². The van der Waals surface area contributed by atoms with Gasteiger partial charge in [0.05, 0.1) is 24.7 Å². The van der Waals surface area contributed by atoms with Crippen LogP contribution in [0, 0.1) is 5.82 Å². The summed E-state index contributed by atoms with van der Waals surface area (Å²) >= 11 is 0. The van der Waals surface area contributed by atoms with E-state index in [1.807, 2.05) is 30.3 Å². The van der Waals surface area contributed by atoms with E-state index in [0.29, 0.717) is 12.3 Å². The molecule has 0 aliphatic carbocycles. The number of rotatable bonds is 19. The molecule has 1 heterocycles. The molecule has 3 aromatic rings. The van der Waals surface area contributed by atoms with Crippen molar-refractivity contribution in [1.29, 1.82) is 0 Å². The van der Waals surface area contributed by atoms with E-state index in [9.17, 15) is 9.18 Å². The highest BCUT2D eigenvalue weighted by Crippen LogP contribution is 2.23. The Morgan fingerprint density at radius 2 is 1.40 bits per heavy atom. The minimum absolute atomic E-state index is 0.0222. The number of hydrogen-bond donors (Lipinski definition) is 0. The van der Waals surface area contributed by atoms with Gasteiger partial charge in [0, 0.05) is 5.56 Å². The first kappa shape index (κ1) is 31.3. The SMILES string of the molecule is CCCCCCCCCOc1ccc(-c2cnc(C(=O)Oc3ccc(CCCCCCCC)cc3F)cn2)cc1. The Kier molecular flexibility index (Phi) is 14.2. The van der Waals surface area contributed by atoms with Crippen molar-refractivity contribution in [3.8, 4) is 22.8 Å². The van der Waals surface area contributed by atoms with Gasteiger partial charge in [-0.25, -0.2) is 14.2 Å². The van der Waals surface area contributed by atoms with Crippen molar-refractivity contribution < 1.29 is 18.7 Å². The third-order valence-electron chi connectivity index (χ3n) is 7.05. The zero-order valence-electron chi connectivity index (χ0n) is 24.3.